The van der Waals surface area contributed by atoms with Crippen molar-refractivity contribution in [2.24, 2.45) is 18.9 Å². The number of nitrogens with one attached hydrogen (secondary N) is 2. The molecule has 4 heterocycles. The first-order valence-corrected chi connectivity index (χ1v) is 10.8. The van der Waals surface area contributed by atoms with E-state index in [0.29, 0.717) is 41.0 Å². The number of hydrogen-bond acceptors (Lipinski definition) is 5. The van der Waals surface area contributed by atoms with Gasteiger partial charge in [-0.1, -0.05) is 24.6 Å². The minimum absolute atomic E-state index is 0. The average molecular weight is 468 g/mol. The second-order valence-corrected chi connectivity index (χ2v) is 8.82. The average Bonchev–Trinajstić information content (AvgIpc) is 2.76. The highest BCUT2D eigenvalue weighted by molar-refractivity contribution is 6.04. The van der Waals surface area contributed by atoms with Crippen molar-refractivity contribution in [3.8, 4) is 0 Å². The van der Waals surface area contributed by atoms with Gasteiger partial charge in [-0.15, -0.1) is 24.8 Å². The van der Waals surface area contributed by atoms with Gasteiger partial charge < -0.3 is 10.6 Å². The van der Waals surface area contributed by atoms with E-state index >= 15 is 0 Å². The predicted molar refractivity (Wildman–Crippen MR) is 126 cm³/mol. The molecule has 0 radical (unpaired) electrons. The predicted octanol–water partition coefficient (Wildman–Crippen LogP) is 1.97. The van der Waals surface area contributed by atoms with Crippen molar-refractivity contribution < 1.29 is 4.79 Å². The number of hydrogen-bond donors (Lipinski definition) is 2. The van der Waals surface area contributed by atoms with Gasteiger partial charge in [-0.05, 0) is 56.8 Å². The van der Waals surface area contributed by atoms with Gasteiger partial charge in [0.1, 0.15) is 0 Å². The summed E-state index contributed by atoms with van der Waals surface area (Å²) in [4.78, 5) is 28.1. The maximum Gasteiger partial charge on any atom is 0.274 e. The first-order chi connectivity index (χ1) is 14.1. The van der Waals surface area contributed by atoms with Gasteiger partial charge in [0.05, 0.1) is 5.39 Å². The van der Waals surface area contributed by atoms with Gasteiger partial charge in [-0.25, -0.2) is 4.68 Å². The van der Waals surface area contributed by atoms with E-state index in [-0.39, 0.29) is 36.3 Å². The van der Waals surface area contributed by atoms with Crippen LogP contribution in [0.15, 0.2) is 29.1 Å². The molecule has 31 heavy (non-hydrogen) atoms. The molecule has 7 nitrogen and oxygen atoms in total. The summed E-state index contributed by atoms with van der Waals surface area (Å²) >= 11 is 0. The molecule has 4 atom stereocenters. The Hall–Kier alpha value is -1.67. The number of amides is 1. The number of halogens is 2. The van der Waals surface area contributed by atoms with E-state index in [1.807, 2.05) is 12.1 Å². The maximum absolute atomic E-state index is 13.1. The second-order valence-electron chi connectivity index (χ2n) is 8.82. The van der Waals surface area contributed by atoms with Gasteiger partial charge >= 0.3 is 0 Å². The fourth-order valence-corrected chi connectivity index (χ4v) is 5.80. The van der Waals surface area contributed by atoms with Crippen LogP contribution >= 0.6 is 24.8 Å². The van der Waals surface area contributed by atoms with Crippen LogP contribution in [0.1, 0.15) is 36.2 Å². The van der Waals surface area contributed by atoms with E-state index in [0.717, 1.165) is 25.6 Å². The molecule has 9 heteroatoms. The summed E-state index contributed by atoms with van der Waals surface area (Å²) < 4.78 is 1.26. The Bertz CT molecular complexity index is 998. The van der Waals surface area contributed by atoms with Crippen molar-refractivity contribution >= 4 is 41.5 Å². The Morgan fingerprint density at radius 2 is 1.90 bits per heavy atom. The smallest absolute Gasteiger partial charge is 0.274 e. The zero-order valence-electron chi connectivity index (χ0n) is 17.8. The van der Waals surface area contributed by atoms with Gasteiger partial charge in [0.2, 0.25) is 0 Å². The lowest BCUT2D eigenvalue weighted by Gasteiger charge is -2.55. The van der Waals surface area contributed by atoms with Crippen molar-refractivity contribution in [3.05, 3.63) is 40.3 Å². The topological polar surface area (TPSA) is 79.3 Å². The number of aromatic nitrogens is 2. The molecule has 5 rings (SSSR count). The molecule has 1 aromatic carbocycles. The molecule has 0 spiro atoms. The Balaban J connectivity index is 0.00000136. The summed E-state index contributed by atoms with van der Waals surface area (Å²) in [7, 11) is 1.60. The van der Waals surface area contributed by atoms with Gasteiger partial charge in [0.25, 0.3) is 11.5 Å². The first kappa shape index (κ1) is 24.0. The normalized spacial score (nSPS) is 27.5. The van der Waals surface area contributed by atoms with E-state index in [9.17, 15) is 9.59 Å². The molecule has 0 saturated carbocycles. The van der Waals surface area contributed by atoms with Crippen molar-refractivity contribution in [3.63, 3.8) is 0 Å². The third-order valence-electron chi connectivity index (χ3n) is 7.17. The monoisotopic (exact) mass is 467 g/mol. The molecule has 0 aliphatic carbocycles. The molecular weight excluding hydrogens is 437 g/mol. The molecule has 0 unspecified atom stereocenters. The number of piperidine rings is 3. The molecular formula is C22H31Cl2N5O2. The molecule has 3 aliphatic heterocycles. The van der Waals surface area contributed by atoms with Gasteiger partial charge in [0, 0.05) is 31.1 Å². The summed E-state index contributed by atoms with van der Waals surface area (Å²) in [6, 6.07) is 8.22. The molecule has 2 bridgehead atoms. The Morgan fingerprint density at radius 1 is 1.16 bits per heavy atom. The number of fused-ring (bicyclic) bond motifs is 5. The Kier molecular flexibility index (Phi) is 7.63. The van der Waals surface area contributed by atoms with Gasteiger partial charge in [-0.2, -0.15) is 5.10 Å². The lowest BCUT2D eigenvalue weighted by Crippen LogP contribution is -2.65. The zero-order valence-corrected chi connectivity index (χ0v) is 19.4. The van der Waals surface area contributed by atoms with E-state index < -0.39 is 0 Å². The second kappa shape index (κ2) is 9.86. The van der Waals surface area contributed by atoms with Crippen LogP contribution in [0, 0.1) is 11.8 Å². The van der Waals surface area contributed by atoms with Crippen molar-refractivity contribution in [2.45, 2.75) is 37.8 Å². The van der Waals surface area contributed by atoms with E-state index in [1.165, 1.54) is 30.4 Å². The van der Waals surface area contributed by atoms with Gasteiger partial charge in [-0.3, -0.25) is 14.5 Å². The summed E-state index contributed by atoms with van der Waals surface area (Å²) in [5.74, 6) is 1.12. The van der Waals surface area contributed by atoms with Crippen molar-refractivity contribution in [2.75, 3.05) is 26.2 Å². The minimum atomic E-state index is -0.198. The maximum atomic E-state index is 13.1. The molecule has 3 aliphatic rings. The third kappa shape index (κ3) is 4.33. The highest BCUT2D eigenvalue weighted by Crippen LogP contribution is 2.38. The SMILES string of the molecule is Cl.Cl.Cn1nc(C(=O)NC[C@H]2[C@@H]3CNC[C@@H](C3)[C@@H]3CCCCN32)c2ccccc2c1=O. The molecule has 1 amide bonds. The molecule has 2 aromatic rings. The zero-order chi connectivity index (χ0) is 20.0. The number of benzene rings is 1. The minimum Gasteiger partial charge on any atom is -0.349 e. The molecule has 3 saturated heterocycles. The van der Waals surface area contributed by atoms with E-state index in [1.54, 1.807) is 19.2 Å². The van der Waals surface area contributed by atoms with E-state index in [4.69, 9.17) is 0 Å². The van der Waals surface area contributed by atoms with Crippen LogP contribution in [-0.4, -0.2) is 58.9 Å². The summed E-state index contributed by atoms with van der Waals surface area (Å²) in [6.07, 6.45) is 5.10. The number of carbonyl (C=O) groups is 1. The van der Waals surface area contributed by atoms with Crippen LogP contribution < -0.4 is 16.2 Å². The molecule has 1 aromatic heterocycles. The number of nitrogens with zero attached hydrogens (tertiary/aromatic N) is 3. The third-order valence-corrected chi connectivity index (χ3v) is 7.17. The van der Waals surface area contributed by atoms with Crippen LogP contribution in [0.2, 0.25) is 0 Å². The van der Waals surface area contributed by atoms with Gasteiger partial charge in [0.15, 0.2) is 5.69 Å². The number of aryl methyl sites for hydroxylation is 1. The van der Waals surface area contributed by atoms with Crippen molar-refractivity contribution in [1.29, 1.82) is 0 Å². The Morgan fingerprint density at radius 3 is 2.71 bits per heavy atom. The van der Waals surface area contributed by atoms with Crippen LogP contribution in [0.4, 0.5) is 0 Å². The highest BCUT2D eigenvalue weighted by atomic mass is 35.5. The number of carbonyl (C=O) groups excluding carboxylic acids is 1. The largest absolute Gasteiger partial charge is 0.349 e. The fraction of sp³-hybridized carbons (Fsp3) is 0.591. The summed E-state index contributed by atoms with van der Waals surface area (Å²) in [6.45, 7) is 3.93. The van der Waals surface area contributed by atoms with Crippen LogP contribution in [0.25, 0.3) is 10.8 Å². The first-order valence-electron chi connectivity index (χ1n) is 10.8. The summed E-state index contributed by atoms with van der Waals surface area (Å²) in [5.41, 5.74) is 0.147. The fourth-order valence-electron chi connectivity index (χ4n) is 5.80. The standard InChI is InChI=1S/C22H29N5O2.2ClH/c1-26-22(29)17-7-3-2-6-16(17)20(25-26)21(28)24-13-19-15-10-14(11-23-12-15)18-8-4-5-9-27(18)19;;/h2-3,6-7,14-15,18-19,23H,4-5,8-13H2,1H3,(H,24,28);2*1H/t14-,15+,18+,19+;;/m1../s1. The lowest BCUT2D eigenvalue weighted by molar-refractivity contribution is -0.0371. The van der Waals surface area contributed by atoms with Crippen LogP contribution in [-0.2, 0) is 7.05 Å². The molecule has 170 valence electrons. The molecule has 2 N–H and O–H groups in total. The lowest BCUT2D eigenvalue weighted by atomic mass is 9.73. The van der Waals surface area contributed by atoms with Crippen LogP contribution in [0.3, 0.4) is 0 Å². The van der Waals surface area contributed by atoms with E-state index in [2.05, 4.69) is 20.6 Å². The molecule has 3 fully saturated rings. The van der Waals surface area contributed by atoms with Crippen LogP contribution in [0.5, 0.6) is 0 Å². The number of rotatable bonds is 3. The van der Waals surface area contributed by atoms with Crippen molar-refractivity contribution in [1.82, 2.24) is 25.3 Å². The highest BCUT2D eigenvalue weighted by Gasteiger charge is 2.45. The Labute approximate surface area is 194 Å². The quantitative estimate of drug-likeness (QED) is 0.721. The summed E-state index contributed by atoms with van der Waals surface area (Å²) in [5, 5.41) is 12.2.